The van der Waals surface area contributed by atoms with Crippen molar-refractivity contribution >= 4 is 11.3 Å². The fourth-order valence-corrected chi connectivity index (χ4v) is 2.49. The Bertz CT molecular complexity index is 840. The van der Waals surface area contributed by atoms with Crippen molar-refractivity contribution in [2.75, 3.05) is 6.61 Å². The van der Waals surface area contributed by atoms with Crippen LogP contribution in [0.25, 0.3) is 16.9 Å². The zero-order valence-corrected chi connectivity index (χ0v) is 13.5. The van der Waals surface area contributed by atoms with Crippen LogP contribution in [0.5, 0.6) is 5.75 Å². The van der Waals surface area contributed by atoms with E-state index in [0.29, 0.717) is 5.65 Å². The van der Waals surface area contributed by atoms with E-state index in [1.807, 2.05) is 24.3 Å². The van der Waals surface area contributed by atoms with Crippen molar-refractivity contribution in [1.82, 2.24) is 9.38 Å². The first-order chi connectivity index (χ1) is 11.7. The molecule has 0 aliphatic carbocycles. The summed E-state index contributed by atoms with van der Waals surface area (Å²) in [5.41, 5.74) is 2.44. The van der Waals surface area contributed by atoms with Crippen molar-refractivity contribution in [3.05, 3.63) is 58.9 Å². The van der Waals surface area contributed by atoms with Gasteiger partial charge < -0.3 is 4.74 Å². The molecule has 0 spiro atoms. The van der Waals surface area contributed by atoms with Gasteiger partial charge in [-0.1, -0.05) is 19.8 Å². The molecule has 0 unspecified atom stereocenters. The van der Waals surface area contributed by atoms with Crippen molar-refractivity contribution in [1.29, 1.82) is 0 Å². The van der Waals surface area contributed by atoms with Crippen LogP contribution < -0.4 is 4.74 Å². The van der Waals surface area contributed by atoms with Crippen molar-refractivity contribution in [2.24, 2.45) is 0 Å². The van der Waals surface area contributed by atoms with Gasteiger partial charge in [-0.25, -0.2) is 4.98 Å². The van der Waals surface area contributed by atoms with E-state index in [-0.39, 0.29) is 5.69 Å². The summed E-state index contributed by atoms with van der Waals surface area (Å²) in [5.74, 6) is 0.842. The second-order valence-corrected chi connectivity index (χ2v) is 5.62. The van der Waals surface area contributed by atoms with Gasteiger partial charge in [0.15, 0.2) is 0 Å². The minimum absolute atomic E-state index is 0.0438. The quantitative estimate of drug-likeness (QED) is 0.365. The molecule has 0 fully saturated rings. The van der Waals surface area contributed by atoms with E-state index in [1.165, 1.54) is 25.1 Å². The minimum atomic E-state index is -0.413. The monoisotopic (exact) mass is 325 g/mol. The van der Waals surface area contributed by atoms with E-state index in [0.717, 1.165) is 30.0 Å². The zero-order valence-electron chi connectivity index (χ0n) is 13.5. The number of hydrogen-bond acceptors (Lipinski definition) is 4. The SMILES string of the molecule is CCCCCOc1ccc(-c2cn3cc([N+](=O)[O-])ccc3n2)cc1. The average molecular weight is 325 g/mol. The van der Waals surface area contributed by atoms with Crippen LogP contribution >= 0.6 is 0 Å². The molecule has 0 amide bonds. The highest BCUT2D eigenvalue weighted by atomic mass is 16.6. The molecule has 3 rings (SSSR count). The summed E-state index contributed by atoms with van der Waals surface area (Å²) in [6, 6.07) is 10.9. The molecule has 1 aromatic carbocycles. The molecule has 124 valence electrons. The highest BCUT2D eigenvalue weighted by molar-refractivity contribution is 5.63. The molecule has 0 aliphatic heterocycles. The molecule has 2 aromatic heterocycles. The first-order valence-electron chi connectivity index (χ1n) is 8.04. The summed E-state index contributed by atoms with van der Waals surface area (Å²) in [6.45, 7) is 2.89. The first kappa shape index (κ1) is 16.0. The summed E-state index contributed by atoms with van der Waals surface area (Å²) in [6.07, 6.45) is 6.67. The Morgan fingerprint density at radius 2 is 1.92 bits per heavy atom. The lowest BCUT2D eigenvalue weighted by Gasteiger charge is -2.06. The van der Waals surface area contributed by atoms with Crippen LogP contribution in [0.3, 0.4) is 0 Å². The highest BCUT2D eigenvalue weighted by Gasteiger charge is 2.09. The molecular formula is C18H19N3O3. The second kappa shape index (κ2) is 7.12. The topological polar surface area (TPSA) is 69.7 Å². The van der Waals surface area contributed by atoms with Gasteiger partial charge in [-0.2, -0.15) is 0 Å². The molecule has 0 bridgehead atoms. The number of nitro groups is 1. The Balaban J connectivity index is 1.76. The normalized spacial score (nSPS) is 10.9. The number of hydrogen-bond donors (Lipinski definition) is 0. The van der Waals surface area contributed by atoms with Gasteiger partial charge in [0.25, 0.3) is 5.69 Å². The summed E-state index contributed by atoms with van der Waals surface area (Å²) >= 11 is 0. The fraction of sp³-hybridized carbons (Fsp3) is 0.278. The van der Waals surface area contributed by atoms with Crippen molar-refractivity contribution in [3.8, 4) is 17.0 Å². The van der Waals surface area contributed by atoms with Crippen LogP contribution in [-0.4, -0.2) is 20.9 Å². The third-order valence-electron chi connectivity index (χ3n) is 3.81. The average Bonchev–Trinajstić information content (AvgIpc) is 3.02. The first-order valence-corrected chi connectivity index (χ1v) is 8.04. The lowest BCUT2D eigenvalue weighted by Crippen LogP contribution is -1.96. The van der Waals surface area contributed by atoms with Gasteiger partial charge >= 0.3 is 0 Å². The number of ether oxygens (including phenoxy) is 1. The molecule has 2 heterocycles. The molecular weight excluding hydrogens is 306 g/mol. The molecule has 6 nitrogen and oxygen atoms in total. The number of fused-ring (bicyclic) bond motifs is 1. The molecule has 0 N–H and O–H groups in total. The lowest BCUT2D eigenvalue weighted by atomic mass is 10.1. The van der Waals surface area contributed by atoms with E-state index in [9.17, 15) is 10.1 Å². The van der Waals surface area contributed by atoms with Crippen molar-refractivity contribution in [3.63, 3.8) is 0 Å². The van der Waals surface area contributed by atoms with Crippen LogP contribution in [-0.2, 0) is 0 Å². The number of unbranched alkanes of at least 4 members (excludes halogenated alkanes) is 2. The molecule has 0 aliphatic rings. The molecule has 6 heteroatoms. The van der Waals surface area contributed by atoms with Gasteiger partial charge in [0, 0.05) is 17.8 Å². The molecule has 24 heavy (non-hydrogen) atoms. The number of nitrogens with zero attached hydrogens (tertiary/aromatic N) is 3. The Morgan fingerprint density at radius 3 is 2.62 bits per heavy atom. The standard InChI is InChI=1S/C18H19N3O3/c1-2-3-4-11-24-16-8-5-14(6-9-16)17-13-20-12-15(21(22)23)7-10-18(20)19-17/h5-10,12-13H,2-4,11H2,1H3. The lowest BCUT2D eigenvalue weighted by molar-refractivity contribution is -0.385. The van der Waals surface area contributed by atoms with Gasteiger partial charge in [0.1, 0.15) is 11.4 Å². The van der Waals surface area contributed by atoms with Crippen molar-refractivity contribution in [2.45, 2.75) is 26.2 Å². The molecule has 0 atom stereocenters. The second-order valence-electron chi connectivity index (χ2n) is 5.62. The largest absolute Gasteiger partial charge is 0.494 e. The van der Waals surface area contributed by atoms with E-state index in [2.05, 4.69) is 11.9 Å². The van der Waals surface area contributed by atoms with E-state index in [1.54, 1.807) is 16.7 Å². The van der Waals surface area contributed by atoms with Crippen molar-refractivity contribution < 1.29 is 9.66 Å². The Morgan fingerprint density at radius 1 is 1.12 bits per heavy atom. The number of benzene rings is 1. The van der Waals surface area contributed by atoms with Gasteiger partial charge in [-0.05, 0) is 36.8 Å². The Labute approximate surface area is 139 Å². The predicted molar refractivity (Wildman–Crippen MR) is 92.3 cm³/mol. The smallest absolute Gasteiger partial charge is 0.286 e. The maximum atomic E-state index is 10.8. The third-order valence-corrected chi connectivity index (χ3v) is 3.81. The fourth-order valence-electron chi connectivity index (χ4n) is 2.49. The van der Waals surface area contributed by atoms with Crippen LogP contribution in [0.15, 0.2) is 48.8 Å². The third kappa shape index (κ3) is 3.53. The van der Waals surface area contributed by atoms with Crippen LogP contribution in [0.2, 0.25) is 0 Å². The van der Waals surface area contributed by atoms with Gasteiger partial charge in [-0.15, -0.1) is 0 Å². The van der Waals surface area contributed by atoms with Gasteiger partial charge in [0.2, 0.25) is 0 Å². The van der Waals surface area contributed by atoms with Gasteiger partial charge in [0.05, 0.1) is 23.4 Å². The zero-order chi connectivity index (χ0) is 16.9. The Hall–Kier alpha value is -2.89. The van der Waals surface area contributed by atoms with E-state index >= 15 is 0 Å². The molecule has 0 saturated carbocycles. The number of rotatable bonds is 7. The summed E-state index contributed by atoms with van der Waals surface area (Å²) < 4.78 is 7.37. The summed E-state index contributed by atoms with van der Waals surface area (Å²) in [7, 11) is 0. The number of pyridine rings is 1. The maximum absolute atomic E-state index is 10.8. The van der Waals surface area contributed by atoms with Crippen LogP contribution in [0.1, 0.15) is 26.2 Å². The van der Waals surface area contributed by atoms with Gasteiger partial charge in [-0.3, -0.25) is 14.5 Å². The molecule has 0 radical (unpaired) electrons. The molecule has 0 saturated heterocycles. The number of imidazole rings is 1. The maximum Gasteiger partial charge on any atom is 0.286 e. The van der Waals surface area contributed by atoms with Crippen LogP contribution in [0.4, 0.5) is 5.69 Å². The highest BCUT2D eigenvalue weighted by Crippen LogP contribution is 2.23. The summed E-state index contributed by atoms with van der Waals surface area (Å²) in [4.78, 5) is 14.9. The minimum Gasteiger partial charge on any atom is -0.494 e. The van der Waals surface area contributed by atoms with E-state index < -0.39 is 4.92 Å². The van der Waals surface area contributed by atoms with Crippen LogP contribution in [0, 0.1) is 10.1 Å². The molecule has 3 aromatic rings. The number of aromatic nitrogens is 2. The summed E-state index contributed by atoms with van der Waals surface area (Å²) in [5, 5.41) is 10.8. The van der Waals surface area contributed by atoms with E-state index in [4.69, 9.17) is 4.74 Å². The predicted octanol–water partition coefficient (Wildman–Crippen LogP) is 4.48. The Kier molecular flexibility index (Phi) is 4.74.